The van der Waals surface area contributed by atoms with Gasteiger partial charge in [0.1, 0.15) is 11.5 Å². The molecule has 1 N–H and O–H groups in total. The zero-order valence-corrected chi connectivity index (χ0v) is 8.30. The zero-order valence-electron chi connectivity index (χ0n) is 7.48. The number of carbonyl (C=O) groups is 1. The highest BCUT2D eigenvalue weighted by Crippen LogP contribution is 2.36. The molecule has 0 saturated carbocycles. The number of fused-ring (bicyclic) bond motifs is 1. The van der Waals surface area contributed by atoms with Crippen molar-refractivity contribution >= 4 is 27.7 Å². The van der Waals surface area contributed by atoms with Crippen LogP contribution in [0.3, 0.4) is 0 Å². The van der Waals surface area contributed by atoms with Gasteiger partial charge in [0.25, 0.3) is 0 Å². The van der Waals surface area contributed by atoms with Gasteiger partial charge in [-0.1, -0.05) is 0 Å². The smallest absolute Gasteiger partial charge is 0.155 e. The largest absolute Gasteiger partial charge is 0.507 e. The van der Waals surface area contributed by atoms with Crippen LogP contribution in [0.4, 0.5) is 0 Å². The molecule has 14 heavy (non-hydrogen) atoms. The molecular weight excluding hydrogens is 200 g/mol. The first kappa shape index (κ1) is 9.02. The van der Waals surface area contributed by atoms with Crippen molar-refractivity contribution in [2.75, 3.05) is 7.11 Å². The molecule has 4 heteroatoms. The Hall–Kier alpha value is -1.55. The summed E-state index contributed by atoms with van der Waals surface area (Å²) in [7, 11) is 1.58. The summed E-state index contributed by atoms with van der Waals surface area (Å²) in [6.45, 7) is 0. The van der Waals surface area contributed by atoms with Crippen molar-refractivity contribution < 1.29 is 14.6 Å². The molecule has 2 rings (SSSR count). The molecule has 0 aliphatic heterocycles. The number of hydrogen-bond donors (Lipinski definition) is 1. The maximum absolute atomic E-state index is 10.7. The lowest BCUT2D eigenvalue weighted by atomic mass is 10.1. The number of hydrogen-bond acceptors (Lipinski definition) is 4. The van der Waals surface area contributed by atoms with Crippen LogP contribution in [0.25, 0.3) is 10.1 Å². The van der Waals surface area contributed by atoms with E-state index in [1.807, 2.05) is 5.38 Å². The minimum Gasteiger partial charge on any atom is -0.507 e. The Kier molecular flexibility index (Phi) is 2.13. The number of phenols is 1. The molecule has 0 atom stereocenters. The second kappa shape index (κ2) is 3.31. The van der Waals surface area contributed by atoms with E-state index in [1.165, 1.54) is 17.4 Å². The van der Waals surface area contributed by atoms with E-state index in [-0.39, 0.29) is 5.75 Å². The van der Waals surface area contributed by atoms with Crippen LogP contribution >= 0.6 is 11.3 Å². The van der Waals surface area contributed by atoms with Crippen LogP contribution in [0, 0.1) is 0 Å². The minimum atomic E-state index is 0.0111. The van der Waals surface area contributed by atoms with Crippen molar-refractivity contribution in [3.8, 4) is 11.5 Å². The summed E-state index contributed by atoms with van der Waals surface area (Å²) in [6.07, 6.45) is 0.660. The number of phenolic OH excluding ortho intramolecular Hbond substituents is 1. The molecule has 0 spiro atoms. The van der Waals surface area contributed by atoms with Gasteiger partial charge in [0.15, 0.2) is 6.29 Å². The lowest BCUT2D eigenvalue weighted by molar-refractivity contribution is 0.112. The molecule has 0 amide bonds. The standard InChI is InChI=1S/C10H8O3S/c1-13-9-5-14-10-6(9)2-3-8(12)7(10)4-11/h2-5,12H,1H3. The fourth-order valence-corrected chi connectivity index (χ4v) is 2.38. The Labute approximate surface area is 84.6 Å². The summed E-state index contributed by atoms with van der Waals surface area (Å²) in [5.74, 6) is 0.741. The van der Waals surface area contributed by atoms with Gasteiger partial charge in [0, 0.05) is 10.8 Å². The second-order valence-corrected chi connectivity index (χ2v) is 3.68. The average Bonchev–Trinajstić information content (AvgIpc) is 2.60. The topological polar surface area (TPSA) is 46.5 Å². The number of benzene rings is 1. The number of aldehydes is 1. The molecule has 1 aromatic carbocycles. The zero-order chi connectivity index (χ0) is 10.1. The molecule has 0 radical (unpaired) electrons. The molecule has 0 aliphatic carbocycles. The third-order valence-electron chi connectivity index (χ3n) is 2.06. The molecule has 1 heterocycles. The summed E-state index contributed by atoms with van der Waals surface area (Å²) in [6, 6.07) is 3.24. The predicted octanol–water partition coefficient (Wildman–Crippen LogP) is 2.43. The van der Waals surface area contributed by atoms with Crippen molar-refractivity contribution in [3.05, 3.63) is 23.1 Å². The summed E-state index contributed by atoms with van der Waals surface area (Å²) < 4.78 is 5.88. The van der Waals surface area contributed by atoms with E-state index in [0.717, 1.165) is 15.8 Å². The number of rotatable bonds is 2. The van der Waals surface area contributed by atoms with Crippen LogP contribution < -0.4 is 4.74 Å². The van der Waals surface area contributed by atoms with E-state index >= 15 is 0 Å². The molecule has 0 unspecified atom stereocenters. The van der Waals surface area contributed by atoms with E-state index in [1.54, 1.807) is 13.2 Å². The SMILES string of the molecule is COc1csc2c(C=O)c(O)ccc12. The number of ether oxygens (including phenoxy) is 1. The summed E-state index contributed by atoms with van der Waals surface area (Å²) in [5, 5.41) is 12.1. The van der Waals surface area contributed by atoms with Crippen molar-refractivity contribution in [3.63, 3.8) is 0 Å². The van der Waals surface area contributed by atoms with Gasteiger partial charge in [0.05, 0.1) is 17.4 Å². The first-order valence-corrected chi connectivity index (χ1v) is 4.88. The van der Waals surface area contributed by atoms with E-state index in [2.05, 4.69) is 0 Å². The maximum atomic E-state index is 10.7. The number of methoxy groups -OCH3 is 1. The van der Waals surface area contributed by atoms with Crippen molar-refractivity contribution in [2.24, 2.45) is 0 Å². The van der Waals surface area contributed by atoms with Crippen LogP contribution in [-0.4, -0.2) is 18.5 Å². The lowest BCUT2D eigenvalue weighted by Gasteiger charge is -1.99. The van der Waals surface area contributed by atoms with Gasteiger partial charge in [0.2, 0.25) is 0 Å². The van der Waals surface area contributed by atoms with E-state index in [4.69, 9.17) is 4.74 Å². The van der Waals surface area contributed by atoms with E-state index < -0.39 is 0 Å². The molecule has 0 aliphatic rings. The first-order chi connectivity index (χ1) is 6.77. The number of carbonyl (C=O) groups excluding carboxylic acids is 1. The van der Waals surface area contributed by atoms with Crippen LogP contribution in [0.1, 0.15) is 10.4 Å². The molecule has 0 saturated heterocycles. The monoisotopic (exact) mass is 208 g/mol. The van der Waals surface area contributed by atoms with Gasteiger partial charge >= 0.3 is 0 Å². The lowest BCUT2D eigenvalue weighted by Crippen LogP contribution is -1.83. The molecule has 3 nitrogen and oxygen atoms in total. The summed E-state index contributed by atoms with van der Waals surface area (Å²) >= 11 is 1.39. The van der Waals surface area contributed by atoms with Crippen molar-refractivity contribution in [1.29, 1.82) is 0 Å². The van der Waals surface area contributed by atoms with Crippen LogP contribution in [0.2, 0.25) is 0 Å². The Morgan fingerprint density at radius 2 is 2.29 bits per heavy atom. The van der Waals surface area contributed by atoms with Crippen LogP contribution in [0.5, 0.6) is 11.5 Å². The fourth-order valence-electron chi connectivity index (χ4n) is 1.36. The van der Waals surface area contributed by atoms with E-state index in [9.17, 15) is 9.90 Å². The number of aromatic hydroxyl groups is 1. The molecule has 72 valence electrons. The molecule has 0 fully saturated rings. The first-order valence-electron chi connectivity index (χ1n) is 4.00. The predicted molar refractivity (Wildman–Crippen MR) is 55.4 cm³/mol. The molecule has 2 aromatic rings. The molecular formula is C10H8O3S. The van der Waals surface area contributed by atoms with Crippen LogP contribution in [0.15, 0.2) is 17.5 Å². The summed E-state index contributed by atoms with van der Waals surface area (Å²) in [4.78, 5) is 10.7. The quantitative estimate of drug-likeness (QED) is 0.771. The highest BCUT2D eigenvalue weighted by Gasteiger charge is 2.11. The third kappa shape index (κ3) is 1.15. The average molecular weight is 208 g/mol. The van der Waals surface area contributed by atoms with Gasteiger partial charge in [-0.15, -0.1) is 11.3 Å². The highest BCUT2D eigenvalue weighted by molar-refractivity contribution is 7.18. The van der Waals surface area contributed by atoms with Crippen LogP contribution in [-0.2, 0) is 0 Å². The van der Waals surface area contributed by atoms with Gasteiger partial charge in [-0.3, -0.25) is 4.79 Å². The fraction of sp³-hybridized carbons (Fsp3) is 0.100. The van der Waals surface area contributed by atoms with Gasteiger partial charge in [-0.2, -0.15) is 0 Å². The Bertz CT molecular complexity index is 487. The Balaban J connectivity index is 2.83. The highest BCUT2D eigenvalue weighted by atomic mass is 32.1. The van der Waals surface area contributed by atoms with Crippen molar-refractivity contribution in [1.82, 2.24) is 0 Å². The second-order valence-electron chi connectivity index (χ2n) is 2.80. The minimum absolute atomic E-state index is 0.0111. The molecule has 1 aromatic heterocycles. The van der Waals surface area contributed by atoms with Gasteiger partial charge < -0.3 is 9.84 Å². The Morgan fingerprint density at radius 1 is 1.50 bits per heavy atom. The van der Waals surface area contributed by atoms with Gasteiger partial charge in [-0.25, -0.2) is 0 Å². The maximum Gasteiger partial charge on any atom is 0.155 e. The van der Waals surface area contributed by atoms with E-state index in [0.29, 0.717) is 11.8 Å². The third-order valence-corrected chi connectivity index (χ3v) is 3.07. The summed E-state index contributed by atoms with van der Waals surface area (Å²) in [5.41, 5.74) is 0.329. The van der Waals surface area contributed by atoms with Crippen molar-refractivity contribution in [2.45, 2.75) is 0 Å². The Morgan fingerprint density at radius 3 is 2.93 bits per heavy atom. The normalized spacial score (nSPS) is 10.4. The molecule has 0 bridgehead atoms. The number of thiophene rings is 1. The van der Waals surface area contributed by atoms with Gasteiger partial charge in [-0.05, 0) is 12.1 Å².